The van der Waals surface area contributed by atoms with E-state index in [9.17, 15) is 4.79 Å². The number of carbonyl (C=O) groups excluding carboxylic acids is 1. The van der Waals surface area contributed by atoms with E-state index in [2.05, 4.69) is 10.5 Å². The van der Waals surface area contributed by atoms with Gasteiger partial charge in [0.2, 0.25) is 0 Å². The minimum absolute atomic E-state index is 0.0182. The molecular weight excluding hydrogens is 274 g/mol. The first-order valence-corrected chi connectivity index (χ1v) is 6.59. The Morgan fingerprint density at radius 3 is 2.62 bits per heavy atom. The molecule has 116 valence electrons. The molecule has 0 aliphatic heterocycles. The number of oxime groups is 1. The number of nitrogens with zero attached hydrogens (tertiary/aromatic N) is 1. The highest BCUT2D eigenvalue weighted by Crippen LogP contribution is 2.11. The Hall–Kier alpha value is -2.28. The fraction of sp³-hybridized carbons (Fsp3) is 0.429. The summed E-state index contributed by atoms with van der Waals surface area (Å²) >= 11 is 0. The van der Waals surface area contributed by atoms with Gasteiger partial charge < -0.3 is 25.7 Å². The lowest BCUT2D eigenvalue weighted by Crippen LogP contribution is -2.40. The summed E-state index contributed by atoms with van der Waals surface area (Å²) in [6.07, 6.45) is 0.786. The minimum atomic E-state index is -0.209. The van der Waals surface area contributed by atoms with Crippen LogP contribution in [-0.4, -0.2) is 43.3 Å². The van der Waals surface area contributed by atoms with Crippen LogP contribution in [0.15, 0.2) is 29.4 Å². The van der Waals surface area contributed by atoms with Gasteiger partial charge in [-0.15, -0.1) is 0 Å². The summed E-state index contributed by atoms with van der Waals surface area (Å²) in [5, 5.41) is 14.3. The Kier molecular flexibility index (Phi) is 7.03. The van der Waals surface area contributed by atoms with Gasteiger partial charge in [0.15, 0.2) is 12.4 Å². The summed E-state index contributed by atoms with van der Waals surface area (Å²) in [5.74, 6) is 0.337. The molecule has 0 spiro atoms. The van der Waals surface area contributed by atoms with Crippen LogP contribution in [0.2, 0.25) is 0 Å². The predicted molar refractivity (Wildman–Crippen MR) is 78.5 cm³/mol. The molecule has 1 aromatic rings. The molecular formula is C14H21N3O4. The third kappa shape index (κ3) is 5.70. The van der Waals surface area contributed by atoms with Gasteiger partial charge in [0, 0.05) is 12.7 Å². The number of benzene rings is 1. The van der Waals surface area contributed by atoms with E-state index in [1.54, 1.807) is 31.4 Å². The topological polar surface area (TPSA) is 106 Å². The zero-order chi connectivity index (χ0) is 15.7. The van der Waals surface area contributed by atoms with E-state index in [0.29, 0.717) is 17.9 Å². The maximum Gasteiger partial charge on any atom is 0.258 e. The van der Waals surface area contributed by atoms with Gasteiger partial charge in [-0.3, -0.25) is 4.79 Å². The van der Waals surface area contributed by atoms with Crippen molar-refractivity contribution < 1.29 is 19.5 Å². The summed E-state index contributed by atoms with van der Waals surface area (Å²) in [4.78, 5) is 11.7. The second kappa shape index (κ2) is 8.80. The summed E-state index contributed by atoms with van der Waals surface area (Å²) in [7, 11) is 1.59. The van der Waals surface area contributed by atoms with E-state index < -0.39 is 0 Å². The molecule has 0 saturated carbocycles. The molecule has 1 atom stereocenters. The lowest BCUT2D eigenvalue weighted by molar-refractivity contribution is -0.124. The van der Waals surface area contributed by atoms with Crippen LogP contribution < -0.4 is 15.8 Å². The first kappa shape index (κ1) is 16.8. The third-order valence-electron chi connectivity index (χ3n) is 2.85. The second-order valence-electron chi connectivity index (χ2n) is 4.43. The monoisotopic (exact) mass is 295 g/mol. The molecule has 1 aromatic carbocycles. The maximum absolute atomic E-state index is 11.7. The summed E-state index contributed by atoms with van der Waals surface area (Å²) in [5.41, 5.74) is 6.02. The fourth-order valence-corrected chi connectivity index (χ4v) is 1.66. The van der Waals surface area contributed by atoms with E-state index in [1.807, 2.05) is 6.92 Å². The van der Waals surface area contributed by atoms with E-state index >= 15 is 0 Å². The number of ether oxygens (including phenoxy) is 2. The first-order valence-electron chi connectivity index (χ1n) is 6.59. The van der Waals surface area contributed by atoms with E-state index in [4.69, 9.17) is 20.4 Å². The van der Waals surface area contributed by atoms with Gasteiger partial charge in [0.25, 0.3) is 5.91 Å². The van der Waals surface area contributed by atoms with Crippen LogP contribution in [0, 0.1) is 0 Å². The Morgan fingerprint density at radius 1 is 1.43 bits per heavy atom. The zero-order valence-electron chi connectivity index (χ0n) is 12.2. The zero-order valence-corrected chi connectivity index (χ0v) is 12.2. The number of hydrogen-bond acceptors (Lipinski definition) is 5. The number of hydrogen-bond donors (Lipinski definition) is 3. The number of rotatable bonds is 8. The smallest absolute Gasteiger partial charge is 0.258 e. The summed E-state index contributed by atoms with van der Waals surface area (Å²) in [6, 6.07) is 6.55. The second-order valence-corrected chi connectivity index (χ2v) is 4.43. The summed E-state index contributed by atoms with van der Waals surface area (Å²) < 4.78 is 10.4. The highest BCUT2D eigenvalue weighted by Gasteiger charge is 2.10. The standard InChI is InChI=1S/C14H21N3O4/c1-3-11(8-20-2)16-13(18)9-21-12-6-4-10(5-7-12)14(15)17-19/h4-7,11,19H,3,8-9H2,1-2H3,(H2,15,17)(H,16,18). The molecule has 0 fully saturated rings. The molecule has 1 unspecified atom stereocenters. The van der Waals surface area contributed by atoms with E-state index in [1.165, 1.54) is 0 Å². The first-order chi connectivity index (χ1) is 10.1. The van der Waals surface area contributed by atoms with Crippen LogP contribution in [0.4, 0.5) is 0 Å². The van der Waals surface area contributed by atoms with Crippen LogP contribution >= 0.6 is 0 Å². The van der Waals surface area contributed by atoms with Crippen LogP contribution in [0.1, 0.15) is 18.9 Å². The quantitative estimate of drug-likeness (QED) is 0.283. The van der Waals surface area contributed by atoms with Crippen LogP contribution in [0.25, 0.3) is 0 Å². The molecule has 0 heterocycles. The molecule has 1 amide bonds. The normalized spacial score (nSPS) is 12.8. The van der Waals surface area contributed by atoms with Crippen molar-refractivity contribution in [3.8, 4) is 5.75 Å². The minimum Gasteiger partial charge on any atom is -0.484 e. The number of carbonyl (C=O) groups is 1. The van der Waals surface area contributed by atoms with Crippen molar-refractivity contribution in [1.29, 1.82) is 0 Å². The van der Waals surface area contributed by atoms with Gasteiger partial charge in [-0.1, -0.05) is 12.1 Å². The van der Waals surface area contributed by atoms with Crippen LogP contribution in [0.5, 0.6) is 5.75 Å². The van der Waals surface area contributed by atoms with Gasteiger partial charge >= 0.3 is 0 Å². The maximum atomic E-state index is 11.7. The number of nitrogens with two attached hydrogens (primary N) is 1. The number of methoxy groups -OCH3 is 1. The van der Waals surface area contributed by atoms with Crippen molar-refractivity contribution in [3.63, 3.8) is 0 Å². The SMILES string of the molecule is CCC(COC)NC(=O)COc1ccc(C(N)=NO)cc1. The van der Waals surface area contributed by atoms with E-state index in [0.717, 1.165) is 6.42 Å². The molecule has 4 N–H and O–H groups in total. The van der Waals surface area contributed by atoms with Crippen molar-refractivity contribution in [3.05, 3.63) is 29.8 Å². The average molecular weight is 295 g/mol. The number of amides is 1. The van der Waals surface area contributed by atoms with Gasteiger partial charge in [0.1, 0.15) is 5.75 Å². The molecule has 1 rings (SSSR count). The molecule has 0 aliphatic rings. The van der Waals surface area contributed by atoms with Gasteiger partial charge in [-0.2, -0.15) is 0 Å². The number of amidine groups is 1. The van der Waals surface area contributed by atoms with Crippen molar-refractivity contribution in [2.24, 2.45) is 10.9 Å². The summed E-state index contributed by atoms with van der Waals surface area (Å²) in [6.45, 7) is 2.36. The lowest BCUT2D eigenvalue weighted by Gasteiger charge is -2.16. The Balaban J connectivity index is 2.46. The van der Waals surface area contributed by atoms with Crippen molar-refractivity contribution in [2.45, 2.75) is 19.4 Å². The third-order valence-corrected chi connectivity index (χ3v) is 2.85. The highest BCUT2D eigenvalue weighted by molar-refractivity contribution is 5.97. The molecule has 0 radical (unpaired) electrons. The van der Waals surface area contributed by atoms with Crippen LogP contribution in [-0.2, 0) is 9.53 Å². The highest BCUT2D eigenvalue weighted by atomic mass is 16.5. The molecule has 0 aliphatic carbocycles. The Labute approximate surface area is 123 Å². The van der Waals surface area contributed by atoms with Gasteiger partial charge in [-0.25, -0.2) is 0 Å². The van der Waals surface area contributed by atoms with Crippen LogP contribution in [0.3, 0.4) is 0 Å². The van der Waals surface area contributed by atoms with Crippen molar-refractivity contribution in [2.75, 3.05) is 20.3 Å². The Bertz CT molecular complexity index is 474. The van der Waals surface area contributed by atoms with E-state index in [-0.39, 0.29) is 24.4 Å². The van der Waals surface area contributed by atoms with Gasteiger partial charge in [0.05, 0.1) is 12.6 Å². The molecule has 0 saturated heterocycles. The largest absolute Gasteiger partial charge is 0.484 e. The lowest BCUT2D eigenvalue weighted by atomic mass is 10.2. The molecule has 0 aromatic heterocycles. The van der Waals surface area contributed by atoms with Gasteiger partial charge in [-0.05, 0) is 30.7 Å². The number of nitrogens with one attached hydrogen (secondary N) is 1. The average Bonchev–Trinajstić information content (AvgIpc) is 2.52. The molecule has 7 heteroatoms. The van der Waals surface area contributed by atoms with Crippen molar-refractivity contribution >= 4 is 11.7 Å². The molecule has 21 heavy (non-hydrogen) atoms. The fourth-order valence-electron chi connectivity index (χ4n) is 1.66. The molecule has 7 nitrogen and oxygen atoms in total. The van der Waals surface area contributed by atoms with Crippen molar-refractivity contribution in [1.82, 2.24) is 5.32 Å². The predicted octanol–water partition coefficient (Wildman–Crippen LogP) is 0.701. The molecule has 0 bridgehead atoms. The Morgan fingerprint density at radius 2 is 2.10 bits per heavy atom.